The third-order valence-electron chi connectivity index (χ3n) is 2.51. The van der Waals surface area contributed by atoms with Crippen molar-refractivity contribution in [2.24, 2.45) is 5.73 Å². The van der Waals surface area contributed by atoms with Gasteiger partial charge in [-0.1, -0.05) is 26.5 Å². The minimum atomic E-state index is -4.47. The monoisotopic (exact) mass is 322 g/mol. The van der Waals surface area contributed by atoms with Crippen molar-refractivity contribution in [3.05, 3.63) is 36.1 Å². The average molecular weight is 322 g/mol. The molecule has 0 saturated heterocycles. The summed E-state index contributed by atoms with van der Waals surface area (Å²) in [4.78, 5) is 11.0. The first-order chi connectivity index (χ1) is 10.3. The highest BCUT2D eigenvalue weighted by atomic mass is 19.4. The molecule has 0 bridgehead atoms. The predicted molar refractivity (Wildman–Crippen MR) is 81.9 cm³/mol. The van der Waals surface area contributed by atoms with Crippen LogP contribution in [0.1, 0.15) is 33.6 Å². The first-order valence-electron chi connectivity index (χ1n) is 7.00. The highest BCUT2D eigenvalue weighted by Gasteiger charge is 2.39. The molecule has 4 N–H and O–H groups in total. The van der Waals surface area contributed by atoms with E-state index in [1.54, 1.807) is 6.92 Å². The van der Waals surface area contributed by atoms with E-state index in [0.717, 1.165) is 0 Å². The molecule has 7 heteroatoms. The smallest absolute Gasteiger partial charge is 0.396 e. The summed E-state index contributed by atoms with van der Waals surface area (Å²) in [5.74, 6) is -0.743. The van der Waals surface area contributed by atoms with Gasteiger partial charge >= 0.3 is 6.18 Å². The van der Waals surface area contributed by atoms with Crippen LogP contribution in [0.4, 0.5) is 13.2 Å². The van der Waals surface area contributed by atoms with E-state index in [4.69, 9.17) is 10.8 Å². The molecule has 0 aliphatic heterocycles. The zero-order valence-electron chi connectivity index (χ0n) is 13.2. The lowest BCUT2D eigenvalue weighted by Gasteiger charge is -2.23. The molecular weight excluding hydrogens is 297 g/mol. The number of nitrogens with one attached hydrogen (secondary N) is 1. The van der Waals surface area contributed by atoms with Crippen molar-refractivity contribution < 1.29 is 23.1 Å². The number of hydrogen-bond acceptors (Lipinski definition) is 3. The molecule has 128 valence electrons. The number of hydrogen-bond donors (Lipinski definition) is 3. The highest BCUT2D eigenvalue weighted by Crippen LogP contribution is 2.24. The number of halogens is 3. The lowest BCUT2D eigenvalue weighted by Crippen LogP contribution is -2.41. The summed E-state index contributed by atoms with van der Waals surface area (Å²) in [6.07, 6.45) is -0.984. The Labute approximate surface area is 129 Å². The fraction of sp³-hybridized carbons (Fsp3) is 0.533. The Morgan fingerprint density at radius 1 is 1.41 bits per heavy atom. The molecule has 0 aliphatic rings. The predicted octanol–water partition coefficient (Wildman–Crippen LogP) is 2.81. The largest absolute Gasteiger partial charge is 0.408 e. The maximum absolute atomic E-state index is 12.8. The summed E-state index contributed by atoms with van der Waals surface area (Å²) in [5, 5.41) is 10.9. The van der Waals surface area contributed by atoms with Crippen molar-refractivity contribution in [2.75, 3.05) is 6.61 Å². The van der Waals surface area contributed by atoms with E-state index in [9.17, 15) is 18.0 Å². The Morgan fingerprint density at radius 3 is 2.27 bits per heavy atom. The Balaban J connectivity index is 0. The van der Waals surface area contributed by atoms with Crippen LogP contribution >= 0.6 is 0 Å². The fourth-order valence-corrected chi connectivity index (χ4v) is 1.44. The summed E-state index contributed by atoms with van der Waals surface area (Å²) in [5.41, 5.74) is 5.20. The number of primary amides is 1. The molecule has 1 unspecified atom stereocenters. The molecule has 0 aromatic rings. The van der Waals surface area contributed by atoms with Crippen molar-refractivity contribution in [3.8, 4) is 0 Å². The Kier molecular flexibility index (Phi) is 12.1. The highest BCUT2D eigenvalue weighted by molar-refractivity contribution is 5.94. The summed E-state index contributed by atoms with van der Waals surface area (Å²) in [7, 11) is 0. The first-order valence-corrected chi connectivity index (χ1v) is 7.00. The van der Waals surface area contributed by atoms with Gasteiger partial charge in [0.2, 0.25) is 5.91 Å². The van der Waals surface area contributed by atoms with E-state index in [1.165, 1.54) is 18.2 Å². The van der Waals surface area contributed by atoms with Crippen LogP contribution in [0.2, 0.25) is 0 Å². The molecular formula is C15H25F3N2O2. The standard InChI is InChI=1S/C13H19F3N2O2.C2H6/c1-3-9(12(17)20)8-10(4-2)18-11(6-5-7-19)13(14,15)16;1-2/h3-4,8,11,18-19H,2,5-7H2,1H3,(H2,17,20);1-2H3/b9-3+,10-8+;. The van der Waals surface area contributed by atoms with Gasteiger partial charge in [-0.15, -0.1) is 0 Å². The molecule has 0 aromatic heterocycles. The van der Waals surface area contributed by atoms with Crippen LogP contribution in [-0.4, -0.2) is 29.8 Å². The van der Waals surface area contributed by atoms with Gasteiger partial charge in [-0.05, 0) is 31.9 Å². The van der Waals surface area contributed by atoms with Crippen molar-refractivity contribution in [3.63, 3.8) is 0 Å². The lowest BCUT2D eigenvalue weighted by molar-refractivity contribution is -0.155. The average Bonchev–Trinajstić information content (AvgIpc) is 2.47. The zero-order chi connectivity index (χ0) is 17.8. The van der Waals surface area contributed by atoms with Crippen LogP contribution in [0.5, 0.6) is 0 Å². The van der Waals surface area contributed by atoms with Crippen LogP contribution in [0.3, 0.4) is 0 Å². The van der Waals surface area contributed by atoms with Gasteiger partial charge in [-0.25, -0.2) is 0 Å². The molecule has 0 fully saturated rings. The van der Waals surface area contributed by atoms with Crippen LogP contribution < -0.4 is 11.1 Å². The second-order valence-corrected chi connectivity index (χ2v) is 4.02. The van der Waals surface area contributed by atoms with Crippen molar-refractivity contribution >= 4 is 5.91 Å². The summed E-state index contributed by atoms with van der Waals surface area (Å²) in [6, 6.07) is -1.83. The van der Waals surface area contributed by atoms with Crippen LogP contribution in [0.15, 0.2) is 36.1 Å². The lowest BCUT2D eigenvalue weighted by atomic mass is 10.1. The van der Waals surface area contributed by atoms with Crippen LogP contribution in [0.25, 0.3) is 0 Å². The molecule has 0 aromatic carbocycles. The number of carbonyl (C=O) groups excluding carboxylic acids is 1. The van der Waals surface area contributed by atoms with E-state index in [0.29, 0.717) is 0 Å². The number of aliphatic hydroxyl groups is 1. The number of carbonyl (C=O) groups is 1. The van der Waals surface area contributed by atoms with Crippen LogP contribution in [0, 0.1) is 0 Å². The van der Waals surface area contributed by atoms with Crippen molar-refractivity contribution in [2.45, 2.75) is 45.8 Å². The molecule has 0 saturated carbocycles. The second kappa shape index (κ2) is 11.9. The zero-order valence-corrected chi connectivity index (χ0v) is 13.2. The second-order valence-electron chi connectivity index (χ2n) is 4.02. The van der Waals surface area contributed by atoms with Crippen molar-refractivity contribution in [1.82, 2.24) is 5.32 Å². The Hall–Kier alpha value is -1.76. The summed E-state index contributed by atoms with van der Waals surface area (Å²) >= 11 is 0. The van der Waals surface area contributed by atoms with Gasteiger partial charge < -0.3 is 16.2 Å². The fourth-order valence-electron chi connectivity index (χ4n) is 1.44. The molecule has 0 rings (SSSR count). The number of rotatable bonds is 8. The molecule has 0 heterocycles. The number of nitrogens with two attached hydrogens (primary N) is 1. The minimum absolute atomic E-state index is 0.00783. The number of allylic oxidation sites excluding steroid dienone is 2. The Bertz CT molecular complexity index is 402. The SMILES string of the molecule is C=C/C(=C\C(=C/C)C(N)=O)NC(CCCO)C(F)(F)F.CC. The molecule has 22 heavy (non-hydrogen) atoms. The molecule has 1 atom stereocenters. The molecule has 1 amide bonds. The Morgan fingerprint density at radius 2 is 1.95 bits per heavy atom. The molecule has 4 nitrogen and oxygen atoms in total. The third kappa shape index (κ3) is 9.23. The number of alkyl halides is 3. The van der Waals surface area contributed by atoms with Crippen molar-refractivity contribution in [1.29, 1.82) is 0 Å². The minimum Gasteiger partial charge on any atom is -0.396 e. The van der Waals surface area contributed by atoms with E-state index >= 15 is 0 Å². The molecule has 0 aliphatic carbocycles. The van der Waals surface area contributed by atoms with E-state index in [-0.39, 0.29) is 30.7 Å². The third-order valence-corrected chi connectivity index (χ3v) is 2.51. The maximum Gasteiger partial charge on any atom is 0.408 e. The van der Waals surface area contributed by atoms with Gasteiger partial charge in [-0.3, -0.25) is 4.79 Å². The quantitative estimate of drug-likeness (QED) is 0.475. The van der Waals surface area contributed by atoms with Crippen LogP contribution in [-0.2, 0) is 4.79 Å². The van der Waals surface area contributed by atoms with E-state index in [1.807, 2.05) is 13.8 Å². The topological polar surface area (TPSA) is 75.4 Å². The van der Waals surface area contributed by atoms with E-state index < -0.39 is 18.1 Å². The van der Waals surface area contributed by atoms with Gasteiger partial charge in [0.05, 0.1) is 0 Å². The molecule has 0 radical (unpaired) electrons. The summed E-state index contributed by atoms with van der Waals surface area (Å²) < 4.78 is 38.4. The number of amides is 1. The number of aliphatic hydroxyl groups excluding tert-OH is 1. The van der Waals surface area contributed by atoms with Gasteiger partial charge in [0.1, 0.15) is 6.04 Å². The maximum atomic E-state index is 12.8. The summed E-state index contributed by atoms with van der Waals surface area (Å²) in [6.45, 7) is 8.61. The van der Waals surface area contributed by atoms with Gasteiger partial charge in [-0.2, -0.15) is 13.2 Å². The van der Waals surface area contributed by atoms with Gasteiger partial charge in [0.25, 0.3) is 0 Å². The normalized spacial score (nSPS) is 13.8. The molecule has 0 spiro atoms. The van der Waals surface area contributed by atoms with Gasteiger partial charge in [0.15, 0.2) is 0 Å². The van der Waals surface area contributed by atoms with Gasteiger partial charge in [0, 0.05) is 17.9 Å². The van der Waals surface area contributed by atoms with E-state index in [2.05, 4.69) is 11.9 Å². The first kappa shape index (κ1) is 22.5.